The molecule has 1 aliphatic heterocycles. The van der Waals surface area contributed by atoms with E-state index in [1.165, 1.54) is 0 Å². The fourth-order valence-electron chi connectivity index (χ4n) is 1.62. The molecule has 0 bridgehead atoms. The quantitative estimate of drug-likeness (QED) is 0.572. The summed E-state index contributed by atoms with van der Waals surface area (Å²) in [7, 11) is 0. The summed E-state index contributed by atoms with van der Waals surface area (Å²) in [6.45, 7) is 1.10. The van der Waals surface area contributed by atoms with Gasteiger partial charge in [0.2, 0.25) is 5.91 Å². The van der Waals surface area contributed by atoms with Crippen molar-refractivity contribution in [2.75, 3.05) is 23.7 Å². The standard InChI is InChI=1S/C10H13N3O2/c11-8-2-1-6(10(12)15)3-9(8)13-4-7(14)5-13/h1-3,7,14H,4-5,11H2,(H2,12,15). The number of hydrogen-bond donors (Lipinski definition) is 3. The first-order valence-corrected chi connectivity index (χ1v) is 4.70. The number of nitrogens with zero attached hydrogens (tertiary/aromatic N) is 1. The van der Waals surface area contributed by atoms with Gasteiger partial charge in [-0.1, -0.05) is 0 Å². The average Bonchev–Trinajstić information content (AvgIpc) is 2.14. The minimum atomic E-state index is -0.475. The van der Waals surface area contributed by atoms with Gasteiger partial charge in [0, 0.05) is 18.7 Å². The lowest BCUT2D eigenvalue weighted by Gasteiger charge is -2.38. The summed E-state index contributed by atoms with van der Waals surface area (Å²) >= 11 is 0. The van der Waals surface area contributed by atoms with Gasteiger partial charge in [-0.3, -0.25) is 4.79 Å². The van der Waals surface area contributed by atoms with Gasteiger partial charge in [0.15, 0.2) is 0 Å². The number of hydrogen-bond acceptors (Lipinski definition) is 4. The topological polar surface area (TPSA) is 92.6 Å². The first-order valence-electron chi connectivity index (χ1n) is 4.70. The van der Waals surface area contributed by atoms with Crippen molar-refractivity contribution >= 4 is 17.3 Å². The molecule has 5 heteroatoms. The Morgan fingerprint density at radius 3 is 2.67 bits per heavy atom. The molecule has 2 rings (SSSR count). The smallest absolute Gasteiger partial charge is 0.248 e. The van der Waals surface area contributed by atoms with Gasteiger partial charge in [-0.2, -0.15) is 0 Å². The highest BCUT2D eigenvalue weighted by Crippen LogP contribution is 2.28. The molecule has 80 valence electrons. The van der Waals surface area contributed by atoms with E-state index in [4.69, 9.17) is 11.5 Å². The number of benzene rings is 1. The second-order valence-corrected chi connectivity index (χ2v) is 3.70. The number of rotatable bonds is 2. The maximum Gasteiger partial charge on any atom is 0.248 e. The molecule has 1 aromatic carbocycles. The monoisotopic (exact) mass is 207 g/mol. The molecule has 1 amide bonds. The fraction of sp³-hybridized carbons (Fsp3) is 0.300. The van der Waals surface area contributed by atoms with Crippen LogP contribution >= 0.6 is 0 Å². The van der Waals surface area contributed by atoms with Crippen molar-refractivity contribution in [2.24, 2.45) is 5.73 Å². The molecular weight excluding hydrogens is 194 g/mol. The summed E-state index contributed by atoms with van der Waals surface area (Å²) < 4.78 is 0. The van der Waals surface area contributed by atoms with Crippen molar-refractivity contribution < 1.29 is 9.90 Å². The summed E-state index contributed by atoms with van der Waals surface area (Å²) in [5, 5.41) is 9.17. The second kappa shape index (κ2) is 3.43. The molecule has 15 heavy (non-hydrogen) atoms. The summed E-state index contributed by atoms with van der Waals surface area (Å²) in [6.07, 6.45) is -0.304. The highest BCUT2D eigenvalue weighted by molar-refractivity contribution is 5.95. The van der Waals surface area contributed by atoms with E-state index in [1.807, 2.05) is 4.90 Å². The Bertz CT molecular complexity index is 400. The first-order chi connectivity index (χ1) is 7.08. The molecule has 5 N–H and O–H groups in total. The van der Waals surface area contributed by atoms with Gasteiger partial charge in [0.25, 0.3) is 0 Å². The lowest BCUT2D eigenvalue weighted by molar-refractivity contribution is 0.100. The highest BCUT2D eigenvalue weighted by atomic mass is 16.3. The van der Waals surface area contributed by atoms with Gasteiger partial charge in [-0.15, -0.1) is 0 Å². The Balaban J connectivity index is 2.29. The van der Waals surface area contributed by atoms with E-state index in [-0.39, 0.29) is 6.10 Å². The van der Waals surface area contributed by atoms with Crippen LogP contribution in [0.15, 0.2) is 18.2 Å². The number of anilines is 2. The molecule has 1 fully saturated rings. The van der Waals surface area contributed by atoms with Crippen molar-refractivity contribution in [1.82, 2.24) is 0 Å². The van der Waals surface area contributed by atoms with E-state index in [2.05, 4.69) is 0 Å². The lowest BCUT2D eigenvalue weighted by Crippen LogP contribution is -2.51. The van der Waals surface area contributed by atoms with Crippen molar-refractivity contribution in [3.8, 4) is 0 Å². The zero-order valence-electron chi connectivity index (χ0n) is 8.18. The van der Waals surface area contributed by atoms with Crippen LogP contribution in [0.2, 0.25) is 0 Å². The summed E-state index contributed by atoms with van der Waals surface area (Å²) in [6, 6.07) is 4.90. The van der Waals surface area contributed by atoms with Crippen LogP contribution in [-0.2, 0) is 0 Å². The molecule has 0 radical (unpaired) electrons. The Labute approximate surface area is 87.3 Å². The lowest BCUT2D eigenvalue weighted by atomic mass is 10.1. The number of nitrogens with two attached hydrogens (primary N) is 2. The number of carbonyl (C=O) groups excluding carboxylic acids is 1. The largest absolute Gasteiger partial charge is 0.397 e. The molecule has 0 spiro atoms. The normalized spacial score (nSPS) is 16.2. The Morgan fingerprint density at radius 2 is 2.13 bits per heavy atom. The maximum atomic E-state index is 11.0. The van der Waals surface area contributed by atoms with Crippen LogP contribution < -0.4 is 16.4 Å². The third-order valence-electron chi connectivity index (χ3n) is 2.52. The van der Waals surface area contributed by atoms with Crippen molar-refractivity contribution in [1.29, 1.82) is 0 Å². The molecule has 0 aliphatic carbocycles. The number of carbonyl (C=O) groups is 1. The second-order valence-electron chi connectivity index (χ2n) is 3.70. The number of aliphatic hydroxyl groups excluding tert-OH is 1. The Morgan fingerprint density at radius 1 is 1.47 bits per heavy atom. The molecule has 1 aromatic rings. The highest BCUT2D eigenvalue weighted by Gasteiger charge is 2.26. The van der Waals surface area contributed by atoms with Gasteiger partial charge < -0.3 is 21.5 Å². The number of amides is 1. The Kier molecular flexibility index (Phi) is 2.24. The van der Waals surface area contributed by atoms with Crippen molar-refractivity contribution in [3.63, 3.8) is 0 Å². The molecular formula is C10H13N3O2. The summed E-state index contributed by atoms with van der Waals surface area (Å²) in [4.78, 5) is 12.9. The third-order valence-corrected chi connectivity index (χ3v) is 2.52. The van der Waals surface area contributed by atoms with E-state index in [9.17, 15) is 9.90 Å². The van der Waals surface area contributed by atoms with Crippen LogP contribution in [0.25, 0.3) is 0 Å². The van der Waals surface area contributed by atoms with Gasteiger partial charge in [0.1, 0.15) is 0 Å². The zero-order chi connectivity index (χ0) is 11.0. The minimum absolute atomic E-state index is 0.304. The van der Waals surface area contributed by atoms with Crippen LogP contribution in [0.3, 0.4) is 0 Å². The minimum Gasteiger partial charge on any atom is -0.397 e. The molecule has 1 saturated heterocycles. The van der Waals surface area contributed by atoms with E-state index in [1.54, 1.807) is 18.2 Å². The molecule has 5 nitrogen and oxygen atoms in total. The zero-order valence-corrected chi connectivity index (χ0v) is 8.18. The summed E-state index contributed by atoms with van der Waals surface area (Å²) in [5.74, 6) is -0.475. The van der Waals surface area contributed by atoms with Gasteiger partial charge >= 0.3 is 0 Å². The van der Waals surface area contributed by atoms with E-state index in [0.717, 1.165) is 5.69 Å². The van der Waals surface area contributed by atoms with Crippen LogP contribution in [-0.4, -0.2) is 30.2 Å². The Hall–Kier alpha value is -1.75. The van der Waals surface area contributed by atoms with Crippen molar-refractivity contribution in [2.45, 2.75) is 6.10 Å². The number of β-amino-alcohol motifs (C(OH)–C–C–N with tert-alkyl or cyclic N) is 1. The molecule has 0 atom stereocenters. The van der Waals surface area contributed by atoms with Gasteiger partial charge in [0.05, 0.1) is 17.5 Å². The third kappa shape index (κ3) is 1.73. The van der Waals surface area contributed by atoms with Gasteiger partial charge in [-0.25, -0.2) is 0 Å². The number of primary amides is 1. The average molecular weight is 207 g/mol. The fourth-order valence-corrected chi connectivity index (χ4v) is 1.62. The maximum absolute atomic E-state index is 11.0. The molecule has 0 saturated carbocycles. The predicted molar refractivity (Wildman–Crippen MR) is 57.6 cm³/mol. The van der Waals surface area contributed by atoms with Crippen molar-refractivity contribution in [3.05, 3.63) is 23.8 Å². The van der Waals surface area contributed by atoms with E-state index < -0.39 is 5.91 Å². The summed E-state index contributed by atoms with van der Waals surface area (Å²) in [5.41, 5.74) is 12.7. The molecule has 1 heterocycles. The molecule has 0 aromatic heterocycles. The number of aliphatic hydroxyl groups is 1. The van der Waals surface area contributed by atoms with Crippen LogP contribution in [0.5, 0.6) is 0 Å². The molecule has 1 aliphatic rings. The van der Waals surface area contributed by atoms with Crippen LogP contribution in [0, 0.1) is 0 Å². The van der Waals surface area contributed by atoms with Crippen LogP contribution in [0.1, 0.15) is 10.4 Å². The van der Waals surface area contributed by atoms with Crippen LogP contribution in [0.4, 0.5) is 11.4 Å². The number of nitrogen functional groups attached to an aromatic ring is 1. The molecule has 0 unspecified atom stereocenters. The van der Waals surface area contributed by atoms with E-state index in [0.29, 0.717) is 24.3 Å². The van der Waals surface area contributed by atoms with E-state index >= 15 is 0 Å². The predicted octanol–water partition coefficient (Wildman–Crippen LogP) is -0.451. The van der Waals surface area contributed by atoms with Gasteiger partial charge in [-0.05, 0) is 18.2 Å². The SMILES string of the molecule is NC(=O)c1ccc(N)c(N2CC(O)C2)c1. The first kappa shape index (κ1) is 9.79.